The molecule has 0 radical (unpaired) electrons. The molecule has 2 rings (SSSR count). The minimum atomic E-state index is 0.475. The zero-order valence-electron chi connectivity index (χ0n) is 11.0. The number of nitrogens with zero attached hydrogens (tertiary/aromatic N) is 1. The molecular weight excluding hydrogens is 240 g/mol. The Kier molecular flexibility index (Phi) is 4.75. The number of nitrogens with two attached hydrogens (primary N) is 1. The number of hydrogen-bond donors (Lipinski definition) is 1. The summed E-state index contributed by atoms with van der Waals surface area (Å²) in [6, 6.07) is 11.2. The molecule has 0 aliphatic carbocycles. The lowest BCUT2D eigenvalue weighted by Gasteiger charge is -2.07. The predicted octanol–water partition coefficient (Wildman–Crippen LogP) is 3.12. The first-order valence-corrected chi connectivity index (χ1v) is 6.37. The van der Waals surface area contributed by atoms with Crippen molar-refractivity contribution >= 4 is 0 Å². The molecule has 2 N–H and O–H groups in total. The number of benzene rings is 1. The standard InChI is InChI=1S/C15H18N2O2/c1-2-9-18-13-3-5-14(6-4-13)19-15-10-12(11-16)7-8-17-15/h3-8,10H,2,9,11,16H2,1H3. The van der Waals surface area contributed by atoms with Crippen LogP contribution in [0, 0.1) is 0 Å². The van der Waals surface area contributed by atoms with Gasteiger partial charge in [-0.15, -0.1) is 0 Å². The Balaban J connectivity index is 2.02. The summed E-state index contributed by atoms with van der Waals surface area (Å²) in [7, 11) is 0. The lowest BCUT2D eigenvalue weighted by Crippen LogP contribution is -1.97. The zero-order valence-corrected chi connectivity index (χ0v) is 11.0. The second kappa shape index (κ2) is 6.75. The Hall–Kier alpha value is -2.07. The topological polar surface area (TPSA) is 57.4 Å². The second-order valence-electron chi connectivity index (χ2n) is 4.13. The molecule has 0 atom stereocenters. The monoisotopic (exact) mass is 258 g/mol. The average molecular weight is 258 g/mol. The van der Waals surface area contributed by atoms with Gasteiger partial charge in [-0.25, -0.2) is 4.98 Å². The van der Waals surface area contributed by atoms with E-state index in [0.717, 1.165) is 30.1 Å². The molecule has 1 heterocycles. The van der Waals surface area contributed by atoms with Crippen LogP contribution in [0.2, 0.25) is 0 Å². The Morgan fingerprint density at radius 2 is 1.84 bits per heavy atom. The van der Waals surface area contributed by atoms with Gasteiger partial charge in [0.25, 0.3) is 0 Å². The maximum absolute atomic E-state index is 5.66. The predicted molar refractivity (Wildman–Crippen MR) is 74.4 cm³/mol. The summed E-state index contributed by atoms with van der Waals surface area (Å²) in [5.41, 5.74) is 6.57. The molecule has 4 nitrogen and oxygen atoms in total. The fourth-order valence-electron chi connectivity index (χ4n) is 1.58. The quantitative estimate of drug-likeness (QED) is 0.864. The van der Waals surface area contributed by atoms with Crippen molar-refractivity contribution in [3.05, 3.63) is 48.2 Å². The van der Waals surface area contributed by atoms with Crippen LogP contribution >= 0.6 is 0 Å². The minimum absolute atomic E-state index is 0.475. The summed E-state index contributed by atoms with van der Waals surface area (Å²) in [4.78, 5) is 4.15. The summed E-state index contributed by atoms with van der Waals surface area (Å²) in [5.74, 6) is 2.12. The molecule has 0 amide bonds. The van der Waals surface area contributed by atoms with E-state index in [2.05, 4.69) is 11.9 Å². The second-order valence-corrected chi connectivity index (χ2v) is 4.13. The summed E-state index contributed by atoms with van der Waals surface area (Å²) < 4.78 is 11.2. The van der Waals surface area contributed by atoms with Gasteiger partial charge in [-0.1, -0.05) is 6.92 Å². The molecule has 2 aromatic rings. The fraction of sp³-hybridized carbons (Fsp3) is 0.267. The SMILES string of the molecule is CCCOc1ccc(Oc2cc(CN)ccn2)cc1. The van der Waals surface area contributed by atoms with E-state index in [1.807, 2.05) is 36.4 Å². The van der Waals surface area contributed by atoms with Crippen LogP contribution in [0.1, 0.15) is 18.9 Å². The van der Waals surface area contributed by atoms with Crippen LogP contribution in [0.4, 0.5) is 0 Å². The van der Waals surface area contributed by atoms with E-state index in [0.29, 0.717) is 12.4 Å². The molecule has 0 spiro atoms. The molecular formula is C15H18N2O2. The highest BCUT2D eigenvalue weighted by Crippen LogP contribution is 2.22. The first-order chi connectivity index (χ1) is 9.31. The highest BCUT2D eigenvalue weighted by molar-refractivity contribution is 5.34. The lowest BCUT2D eigenvalue weighted by atomic mass is 10.3. The minimum Gasteiger partial charge on any atom is -0.494 e. The maximum Gasteiger partial charge on any atom is 0.219 e. The molecule has 0 unspecified atom stereocenters. The van der Waals surface area contributed by atoms with E-state index in [9.17, 15) is 0 Å². The molecule has 100 valence electrons. The van der Waals surface area contributed by atoms with Crippen LogP contribution in [0.25, 0.3) is 0 Å². The summed E-state index contributed by atoms with van der Waals surface area (Å²) >= 11 is 0. The number of hydrogen-bond acceptors (Lipinski definition) is 4. The van der Waals surface area contributed by atoms with E-state index in [4.69, 9.17) is 15.2 Å². The Morgan fingerprint density at radius 1 is 1.11 bits per heavy atom. The zero-order chi connectivity index (χ0) is 13.5. The van der Waals surface area contributed by atoms with Crippen molar-refractivity contribution in [1.82, 2.24) is 4.98 Å². The third-order valence-corrected chi connectivity index (χ3v) is 2.55. The first kappa shape index (κ1) is 13.4. The highest BCUT2D eigenvalue weighted by atomic mass is 16.5. The van der Waals surface area contributed by atoms with Gasteiger partial charge in [0, 0.05) is 18.8 Å². The van der Waals surface area contributed by atoms with Crippen LogP contribution in [-0.2, 0) is 6.54 Å². The average Bonchev–Trinajstić information content (AvgIpc) is 2.47. The van der Waals surface area contributed by atoms with Crippen molar-refractivity contribution in [2.45, 2.75) is 19.9 Å². The molecule has 4 heteroatoms. The maximum atomic E-state index is 5.66. The molecule has 0 saturated carbocycles. The van der Waals surface area contributed by atoms with Gasteiger partial charge in [0.15, 0.2) is 0 Å². The van der Waals surface area contributed by atoms with Gasteiger partial charge in [-0.3, -0.25) is 0 Å². The summed E-state index contributed by atoms with van der Waals surface area (Å²) in [5, 5.41) is 0. The molecule has 19 heavy (non-hydrogen) atoms. The van der Waals surface area contributed by atoms with E-state index in [-0.39, 0.29) is 0 Å². The first-order valence-electron chi connectivity index (χ1n) is 6.37. The third kappa shape index (κ3) is 3.96. The van der Waals surface area contributed by atoms with Gasteiger partial charge < -0.3 is 15.2 Å². The van der Waals surface area contributed by atoms with Crippen molar-refractivity contribution < 1.29 is 9.47 Å². The van der Waals surface area contributed by atoms with Crippen LogP contribution in [0.15, 0.2) is 42.6 Å². The Bertz CT molecular complexity index is 512. The highest BCUT2D eigenvalue weighted by Gasteiger charge is 2.00. The summed E-state index contributed by atoms with van der Waals surface area (Å²) in [6.45, 7) is 3.27. The van der Waals surface area contributed by atoms with Crippen LogP contribution in [0.5, 0.6) is 17.4 Å². The van der Waals surface area contributed by atoms with Crippen molar-refractivity contribution in [2.75, 3.05) is 6.61 Å². The van der Waals surface area contributed by atoms with Gasteiger partial charge in [0.1, 0.15) is 11.5 Å². The molecule has 0 saturated heterocycles. The Labute approximate surface area is 113 Å². The smallest absolute Gasteiger partial charge is 0.219 e. The lowest BCUT2D eigenvalue weighted by molar-refractivity contribution is 0.317. The van der Waals surface area contributed by atoms with E-state index in [1.165, 1.54) is 0 Å². The van der Waals surface area contributed by atoms with Crippen LogP contribution in [-0.4, -0.2) is 11.6 Å². The van der Waals surface area contributed by atoms with Crippen molar-refractivity contribution in [2.24, 2.45) is 5.73 Å². The van der Waals surface area contributed by atoms with Crippen molar-refractivity contribution in [3.63, 3.8) is 0 Å². The number of aromatic nitrogens is 1. The third-order valence-electron chi connectivity index (χ3n) is 2.55. The van der Waals surface area contributed by atoms with Gasteiger partial charge in [-0.2, -0.15) is 0 Å². The van der Waals surface area contributed by atoms with Crippen LogP contribution < -0.4 is 15.2 Å². The number of ether oxygens (including phenoxy) is 2. The molecule has 0 aliphatic rings. The Morgan fingerprint density at radius 3 is 2.53 bits per heavy atom. The van der Waals surface area contributed by atoms with E-state index >= 15 is 0 Å². The molecule has 1 aromatic heterocycles. The molecule has 0 aliphatic heterocycles. The molecule has 0 fully saturated rings. The van der Waals surface area contributed by atoms with E-state index < -0.39 is 0 Å². The molecule has 0 bridgehead atoms. The van der Waals surface area contributed by atoms with Gasteiger partial charge in [0.05, 0.1) is 6.61 Å². The van der Waals surface area contributed by atoms with Gasteiger partial charge in [-0.05, 0) is 42.3 Å². The normalized spacial score (nSPS) is 10.2. The fourth-order valence-corrected chi connectivity index (χ4v) is 1.58. The number of rotatable bonds is 6. The van der Waals surface area contributed by atoms with Gasteiger partial charge in [0.2, 0.25) is 5.88 Å². The van der Waals surface area contributed by atoms with E-state index in [1.54, 1.807) is 6.20 Å². The van der Waals surface area contributed by atoms with Crippen LogP contribution in [0.3, 0.4) is 0 Å². The molecule has 1 aromatic carbocycles. The van der Waals surface area contributed by atoms with Crippen molar-refractivity contribution in [3.8, 4) is 17.4 Å². The largest absolute Gasteiger partial charge is 0.494 e. The summed E-state index contributed by atoms with van der Waals surface area (Å²) in [6.07, 6.45) is 2.68. The number of pyridine rings is 1. The van der Waals surface area contributed by atoms with Gasteiger partial charge >= 0.3 is 0 Å². The van der Waals surface area contributed by atoms with Crippen molar-refractivity contribution in [1.29, 1.82) is 0 Å².